The van der Waals surface area contributed by atoms with Crippen LogP contribution in [0.2, 0.25) is 0 Å². The first-order valence-electron chi connectivity index (χ1n) is 9.32. The minimum atomic E-state index is -0.189. The minimum absolute atomic E-state index is 0.0456. The first-order chi connectivity index (χ1) is 13.1. The summed E-state index contributed by atoms with van der Waals surface area (Å²) >= 11 is 0. The second-order valence-corrected chi connectivity index (χ2v) is 6.49. The van der Waals surface area contributed by atoms with Crippen LogP contribution < -0.4 is 5.32 Å². The van der Waals surface area contributed by atoms with Crippen LogP contribution in [-0.2, 0) is 4.74 Å². The molecular formula is C22H28N2O3. The maximum atomic E-state index is 12.9. The first-order valence-corrected chi connectivity index (χ1v) is 9.32. The van der Waals surface area contributed by atoms with Gasteiger partial charge in [0.05, 0.1) is 6.61 Å². The molecule has 2 amide bonds. The summed E-state index contributed by atoms with van der Waals surface area (Å²) in [7, 11) is 1.63. The predicted molar refractivity (Wildman–Crippen MR) is 108 cm³/mol. The number of unbranched alkanes of at least 4 members (excludes halogenated alkanes) is 1. The van der Waals surface area contributed by atoms with Gasteiger partial charge in [0.25, 0.3) is 11.8 Å². The van der Waals surface area contributed by atoms with Crippen LogP contribution in [0.25, 0.3) is 0 Å². The summed E-state index contributed by atoms with van der Waals surface area (Å²) in [5.41, 5.74) is 2.71. The monoisotopic (exact) mass is 368 g/mol. The van der Waals surface area contributed by atoms with Crippen molar-refractivity contribution in [2.24, 2.45) is 0 Å². The van der Waals surface area contributed by atoms with E-state index in [0.717, 1.165) is 18.4 Å². The number of carbonyl (C=O) groups is 2. The van der Waals surface area contributed by atoms with E-state index in [4.69, 9.17) is 4.74 Å². The predicted octanol–water partition coefficient (Wildman–Crippen LogP) is 4.14. The van der Waals surface area contributed by atoms with Crippen molar-refractivity contribution in [2.75, 3.05) is 32.1 Å². The third kappa shape index (κ3) is 5.93. The average Bonchev–Trinajstić information content (AvgIpc) is 2.70. The molecule has 2 aromatic carbocycles. The molecule has 0 aromatic heterocycles. The lowest BCUT2D eigenvalue weighted by molar-refractivity contribution is 0.0692. The molecule has 0 aliphatic heterocycles. The zero-order valence-electron chi connectivity index (χ0n) is 16.3. The standard InChI is InChI=1S/C22H28N2O3/c1-4-5-13-24(14-15-27-3)22(26)19-12-11-17(2)20(16-19)23-21(25)18-9-7-6-8-10-18/h6-12,16H,4-5,13-15H2,1-3H3,(H,23,25). The van der Waals surface area contributed by atoms with Gasteiger partial charge in [-0.1, -0.05) is 37.6 Å². The van der Waals surface area contributed by atoms with Gasteiger partial charge in [-0.15, -0.1) is 0 Å². The van der Waals surface area contributed by atoms with Crippen molar-refractivity contribution in [3.8, 4) is 0 Å². The van der Waals surface area contributed by atoms with Crippen LogP contribution in [0.5, 0.6) is 0 Å². The smallest absolute Gasteiger partial charge is 0.255 e. The Morgan fingerprint density at radius 3 is 2.44 bits per heavy atom. The number of amides is 2. The summed E-state index contributed by atoms with van der Waals surface area (Å²) in [5.74, 6) is -0.235. The van der Waals surface area contributed by atoms with Crippen molar-refractivity contribution in [1.82, 2.24) is 4.90 Å². The van der Waals surface area contributed by atoms with Crippen LogP contribution in [0.15, 0.2) is 48.5 Å². The van der Waals surface area contributed by atoms with E-state index in [0.29, 0.717) is 36.5 Å². The third-order valence-electron chi connectivity index (χ3n) is 4.40. The van der Waals surface area contributed by atoms with E-state index in [1.807, 2.05) is 37.3 Å². The van der Waals surface area contributed by atoms with Gasteiger partial charge < -0.3 is 15.0 Å². The topological polar surface area (TPSA) is 58.6 Å². The molecule has 0 bridgehead atoms. The summed E-state index contributed by atoms with van der Waals surface area (Å²) in [6.45, 7) is 5.75. The number of nitrogens with zero attached hydrogens (tertiary/aromatic N) is 1. The summed E-state index contributed by atoms with van der Waals surface area (Å²) < 4.78 is 5.13. The Morgan fingerprint density at radius 2 is 1.78 bits per heavy atom. The molecular weight excluding hydrogens is 340 g/mol. The Morgan fingerprint density at radius 1 is 1.04 bits per heavy atom. The van der Waals surface area contributed by atoms with Crippen LogP contribution in [0.3, 0.4) is 0 Å². The van der Waals surface area contributed by atoms with Gasteiger partial charge in [-0.05, 0) is 43.2 Å². The van der Waals surface area contributed by atoms with Gasteiger partial charge in [0.1, 0.15) is 0 Å². The first kappa shape index (κ1) is 20.6. The van der Waals surface area contributed by atoms with Gasteiger partial charge in [0.15, 0.2) is 0 Å². The van der Waals surface area contributed by atoms with Crippen molar-refractivity contribution in [3.05, 3.63) is 65.2 Å². The van der Waals surface area contributed by atoms with Crippen LogP contribution in [-0.4, -0.2) is 43.5 Å². The molecule has 2 rings (SSSR count). The lowest BCUT2D eigenvalue weighted by Crippen LogP contribution is -2.34. The number of aryl methyl sites for hydroxylation is 1. The number of hydrogen-bond acceptors (Lipinski definition) is 3. The van der Waals surface area contributed by atoms with Crippen molar-refractivity contribution in [3.63, 3.8) is 0 Å². The van der Waals surface area contributed by atoms with Crippen molar-refractivity contribution < 1.29 is 14.3 Å². The second kappa shape index (κ2) is 10.5. The zero-order valence-corrected chi connectivity index (χ0v) is 16.3. The average molecular weight is 368 g/mol. The normalized spacial score (nSPS) is 10.5. The molecule has 0 heterocycles. The fourth-order valence-corrected chi connectivity index (χ4v) is 2.72. The maximum Gasteiger partial charge on any atom is 0.255 e. The molecule has 5 nitrogen and oxygen atoms in total. The fraction of sp³-hybridized carbons (Fsp3) is 0.364. The number of benzene rings is 2. The van der Waals surface area contributed by atoms with Crippen LogP contribution in [0, 0.1) is 6.92 Å². The van der Waals surface area contributed by atoms with Gasteiger partial charge in [0, 0.05) is 37.0 Å². The van der Waals surface area contributed by atoms with E-state index in [-0.39, 0.29) is 11.8 Å². The quantitative estimate of drug-likeness (QED) is 0.724. The second-order valence-electron chi connectivity index (χ2n) is 6.49. The van der Waals surface area contributed by atoms with E-state index in [1.54, 1.807) is 30.2 Å². The Labute approximate surface area is 161 Å². The van der Waals surface area contributed by atoms with Crippen molar-refractivity contribution >= 4 is 17.5 Å². The number of carbonyl (C=O) groups excluding carboxylic acids is 2. The number of rotatable bonds is 9. The molecule has 144 valence electrons. The fourth-order valence-electron chi connectivity index (χ4n) is 2.72. The van der Waals surface area contributed by atoms with E-state index in [1.165, 1.54) is 0 Å². The number of ether oxygens (including phenoxy) is 1. The zero-order chi connectivity index (χ0) is 19.6. The minimum Gasteiger partial charge on any atom is -0.383 e. The lowest BCUT2D eigenvalue weighted by Gasteiger charge is -2.23. The van der Waals surface area contributed by atoms with Crippen LogP contribution in [0.4, 0.5) is 5.69 Å². The highest BCUT2D eigenvalue weighted by Crippen LogP contribution is 2.19. The molecule has 0 saturated carbocycles. The molecule has 0 unspecified atom stereocenters. The Hall–Kier alpha value is -2.66. The highest BCUT2D eigenvalue weighted by Gasteiger charge is 2.17. The molecule has 1 N–H and O–H groups in total. The highest BCUT2D eigenvalue weighted by molar-refractivity contribution is 6.05. The maximum absolute atomic E-state index is 12.9. The van der Waals surface area contributed by atoms with E-state index in [2.05, 4.69) is 12.2 Å². The molecule has 27 heavy (non-hydrogen) atoms. The molecule has 0 saturated heterocycles. The molecule has 0 spiro atoms. The number of nitrogens with one attached hydrogen (secondary N) is 1. The van der Waals surface area contributed by atoms with Crippen molar-refractivity contribution in [2.45, 2.75) is 26.7 Å². The third-order valence-corrected chi connectivity index (χ3v) is 4.40. The Balaban J connectivity index is 2.18. The Kier molecular flexibility index (Phi) is 8.01. The lowest BCUT2D eigenvalue weighted by atomic mass is 10.1. The largest absolute Gasteiger partial charge is 0.383 e. The molecule has 0 radical (unpaired) electrons. The summed E-state index contributed by atoms with van der Waals surface area (Å²) in [4.78, 5) is 27.2. The van der Waals surface area contributed by atoms with Crippen LogP contribution in [0.1, 0.15) is 46.0 Å². The molecule has 0 aliphatic rings. The van der Waals surface area contributed by atoms with E-state index < -0.39 is 0 Å². The molecule has 2 aromatic rings. The van der Waals surface area contributed by atoms with Gasteiger partial charge in [-0.25, -0.2) is 0 Å². The number of hydrogen-bond donors (Lipinski definition) is 1. The van der Waals surface area contributed by atoms with Gasteiger partial charge in [0.2, 0.25) is 0 Å². The van der Waals surface area contributed by atoms with Gasteiger partial charge in [-0.2, -0.15) is 0 Å². The van der Waals surface area contributed by atoms with E-state index >= 15 is 0 Å². The summed E-state index contributed by atoms with van der Waals surface area (Å²) in [6.07, 6.45) is 1.96. The molecule has 0 atom stereocenters. The number of anilines is 1. The summed E-state index contributed by atoms with van der Waals surface area (Å²) in [5, 5.41) is 2.91. The van der Waals surface area contributed by atoms with Gasteiger partial charge in [-0.3, -0.25) is 9.59 Å². The SMILES string of the molecule is CCCCN(CCOC)C(=O)c1ccc(C)c(NC(=O)c2ccccc2)c1. The van der Waals surface area contributed by atoms with Crippen LogP contribution >= 0.6 is 0 Å². The summed E-state index contributed by atoms with van der Waals surface area (Å²) in [6, 6.07) is 14.5. The van der Waals surface area contributed by atoms with Crippen molar-refractivity contribution in [1.29, 1.82) is 0 Å². The Bertz CT molecular complexity index is 751. The van der Waals surface area contributed by atoms with Gasteiger partial charge >= 0.3 is 0 Å². The number of methoxy groups -OCH3 is 1. The molecule has 0 fully saturated rings. The molecule has 5 heteroatoms. The molecule has 0 aliphatic carbocycles. The van der Waals surface area contributed by atoms with E-state index in [9.17, 15) is 9.59 Å². The highest BCUT2D eigenvalue weighted by atomic mass is 16.5.